The number of carbonyl (C=O) groups is 2. The Bertz CT molecular complexity index is 539. The second-order valence-corrected chi connectivity index (χ2v) is 6.05. The normalized spacial score (nSPS) is 16.7. The fourth-order valence-electron chi connectivity index (χ4n) is 2.71. The molecule has 0 saturated carbocycles. The van der Waals surface area contributed by atoms with Crippen LogP contribution in [0, 0.1) is 0 Å². The summed E-state index contributed by atoms with van der Waals surface area (Å²) in [7, 11) is 3.48. The molecule has 126 valence electrons. The molecule has 1 aliphatic rings. The number of methoxy groups -OCH3 is 1. The van der Waals surface area contributed by atoms with Crippen molar-refractivity contribution in [2.24, 2.45) is 0 Å². The maximum absolute atomic E-state index is 12.4. The van der Waals surface area contributed by atoms with Gasteiger partial charge in [0.25, 0.3) is 11.8 Å². The van der Waals surface area contributed by atoms with Crippen LogP contribution in [0.2, 0.25) is 0 Å². The summed E-state index contributed by atoms with van der Waals surface area (Å²) in [5, 5.41) is 2.85. The van der Waals surface area contributed by atoms with Gasteiger partial charge in [0.15, 0.2) is 12.6 Å². The Morgan fingerprint density at radius 1 is 1.26 bits per heavy atom. The third-order valence-electron chi connectivity index (χ3n) is 4.34. The summed E-state index contributed by atoms with van der Waals surface area (Å²) < 4.78 is 5.09. The summed E-state index contributed by atoms with van der Waals surface area (Å²) >= 11 is 0. The monoisotopic (exact) mass is 320 g/mol. The van der Waals surface area contributed by atoms with E-state index in [1.54, 1.807) is 31.4 Å². The van der Waals surface area contributed by atoms with Crippen molar-refractivity contribution in [2.45, 2.75) is 25.8 Å². The number of anilines is 1. The summed E-state index contributed by atoms with van der Waals surface area (Å²) in [6.07, 6.45) is 2.16. The molecule has 0 aromatic heterocycles. The van der Waals surface area contributed by atoms with E-state index in [1.807, 2.05) is 18.9 Å². The molecule has 0 aliphatic carbocycles. The molecule has 2 rings (SSSR count). The zero-order chi connectivity index (χ0) is 16.8. The molecule has 1 aromatic carbocycles. The Morgan fingerprint density at radius 3 is 2.43 bits per heavy atom. The van der Waals surface area contributed by atoms with Crippen LogP contribution in [-0.4, -0.2) is 56.5 Å². The van der Waals surface area contributed by atoms with E-state index in [4.69, 9.17) is 4.74 Å². The third-order valence-corrected chi connectivity index (χ3v) is 4.34. The highest BCUT2D eigenvalue weighted by molar-refractivity contribution is 5.91. The number of rotatable bonds is 6. The summed E-state index contributed by atoms with van der Waals surface area (Å²) in [6, 6.07) is 6.97. The molecule has 1 heterocycles. The lowest BCUT2D eigenvalue weighted by atomic mass is 10.2. The maximum Gasteiger partial charge on any atom is 0.280 e. The SMILES string of the molecule is COc1ccc(NC(=O)C[NH+](C)[C@H](C)C(=O)N2CCCC2)cc1. The van der Waals surface area contributed by atoms with E-state index in [2.05, 4.69) is 5.32 Å². The van der Waals surface area contributed by atoms with Gasteiger partial charge in [-0.2, -0.15) is 0 Å². The van der Waals surface area contributed by atoms with Gasteiger partial charge in [-0.3, -0.25) is 9.59 Å². The van der Waals surface area contributed by atoms with Crippen LogP contribution in [0.25, 0.3) is 0 Å². The van der Waals surface area contributed by atoms with Crippen molar-refractivity contribution in [1.29, 1.82) is 0 Å². The van der Waals surface area contributed by atoms with Gasteiger partial charge >= 0.3 is 0 Å². The van der Waals surface area contributed by atoms with Gasteiger partial charge in [-0.1, -0.05) is 0 Å². The fourth-order valence-corrected chi connectivity index (χ4v) is 2.71. The van der Waals surface area contributed by atoms with Crippen molar-refractivity contribution in [3.8, 4) is 5.75 Å². The average Bonchev–Trinajstić information content (AvgIpc) is 3.08. The van der Waals surface area contributed by atoms with Crippen molar-refractivity contribution in [3.63, 3.8) is 0 Å². The lowest BCUT2D eigenvalue weighted by molar-refractivity contribution is -0.886. The zero-order valence-electron chi connectivity index (χ0n) is 14.1. The van der Waals surface area contributed by atoms with Crippen LogP contribution in [0.4, 0.5) is 5.69 Å². The molecule has 1 saturated heterocycles. The highest BCUT2D eigenvalue weighted by Crippen LogP contribution is 2.14. The Balaban J connectivity index is 1.84. The molecule has 0 radical (unpaired) electrons. The standard InChI is InChI=1S/C17H25N3O3/c1-13(17(22)20-10-4-5-11-20)19(2)12-16(21)18-14-6-8-15(23-3)9-7-14/h6-9,13H,4-5,10-12H2,1-3H3,(H,18,21)/p+1/t13-/m1/s1. The number of hydrogen-bond acceptors (Lipinski definition) is 3. The number of nitrogens with one attached hydrogen (secondary N) is 2. The maximum atomic E-state index is 12.4. The molecule has 0 spiro atoms. The number of likely N-dealkylation sites (tertiary alicyclic amines) is 1. The lowest BCUT2D eigenvalue weighted by Gasteiger charge is -2.25. The molecule has 6 nitrogen and oxygen atoms in total. The fraction of sp³-hybridized carbons (Fsp3) is 0.529. The first-order valence-electron chi connectivity index (χ1n) is 8.06. The van der Waals surface area contributed by atoms with Crippen LogP contribution < -0.4 is 15.0 Å². The number of likely N-dealkylation sites (N-methyl/N-ethyl adjacent to an activating group) is 1. The van der Waals surface area contributed by atoms with Crippen molar-refractivity contribution in [1.82, 2.24) is 4.90 Å². The van der Waals surface area contributed by atoms with Crippen LogP contribution in [0.3, 0.4) is 0 Å². The number of amides is 2. The van der Waals surface area contributed by atoms with Crippen molar-refractivity contribution in [3.05, 3.63) is 24.3 Å². The molecule has 2 amide bonds. The van der Waals surface area contributed by atoms with E-state index in [0.29, 0.717) is 0 Å². The number of ether oxygens (including phenoxy) is 1. The third kappa shape index (κ3) is 4.69. The topological polar surface area (TPSA) is 63.1 Å². The van der Waals surface area contributed by atoms with E-state index >= 15 is 0 Å². The first kappa shape index (κ1) is 17.3. The molecular formula is C17H26N3O3+. The van der Waals surface area contributed by atoms with E-state index in [-0.39, 0.29) is 24.4 Å². The highest BCUT2D eigenvalue weighted by atomic mass is 16.5. The van der Waals surface area contributed by atoms with Gasteiger partial charge in [-0.25, -0.2) is 0 Å². The second-order valence-electron chi connectivity index (χ2n) is 6.05. The van der Waals surface area contributed by atoms with Gasteiger partial charge in [-0.05, 0) is 44.0 Å². The predicted molar refractivity (Wildman–Crippen MR) is 88.7 cm³/mol. The summed E-state index contributed by atoms with van der Waals surface area (Å²) in [4.78, 5) is 27.3. The van der Waals surface area contributed by atoms with Crippen LogP contribution in [0.15, 0.2) is 24.3 Å². The van der Waals surface area contributed by atoms with Gasteiger partial charge in [-0.15, -0.1) is 0 Å². The van der Waals surface area contributed by atoms with Crippen molar-refractivity contribution >= 4 is 17.5 Å². The summed E-state index contributed by atoms with van der Waals surface area (Å²) in [5.41, 5.74) is 0.724. The van der Waals surface area contributed by atoms with Crippen LogP contribution in [0.1, 0.15) is 19.8 Å². The number of carbonyl (C=O) groups excluding carboxylic acids is 2. The minimum Gasteiger partial charge on any atom is -0.497 e. The Labute approximate surface area is 137 Å². The lowest BCUT2D eigenvalue weighted by Crippen LogP contribution is -3.15. The van der Waals surface area contributed by atoms with Gasteiger partial charge in [0, 0.05) is 18.8 Å². The molecule has 1 aromatic rings. The zero-order valence-corrected chi connectivity index (χ0v) is 14.1. The molecular weight excluding hydrogens is 294 g/mol. The van der Waals surface area contributed by atoms with E-state index < -0.39 is 0 Å². The van der Waals surface area contributed by atoms with Gasteiger partial charge in [0.05, 0.1) is 14.2 Å². The van der Waals surface area contributed by atoms with E-state index in [1.165, 1.54) is 0 Å². The molecule has 1 fully saturated rings. The quantitative estimate of drug-likeness (QED) is 0.785. The Hall–Kier alpha value is -2.08. The first-order chi connectivity index (χ1) is 11.0. The molecule has 2 N–H and O–H groups in total. The summed E-state index contributed by atoms with van der Waals surface area (Å²) in [5.74, 6) is 0.779. The number of benzene rings is 1. The van der Waals surface area contributed by atoms with Crippen LogP contribution in [0.5, 0.6) is 5.75 Å². The average molecular weight is 320 g/mol. The predicted octanol–water partition coefficient (Wildman–Crippen LogP) is 0.159. The molecule has 6 heteroatoms. The largest absolute Gasteiger partial charge is 0.497 e. The van der Waals surface area contributed by atoms with Crippen molar-refractivity contribution in [2.75, 3.05) is 39.1 Å². The number of quaternary nitrogens is 1. The smallest absolute Gasteiger partial charge is 0.280 e. The molecule has 2 atom stereocenters. The van der Waals surface area contributed by atoms with Crippen LogP contribution in [-0.2, 0) is 9.59 Å². The van der Waals surface area contributed by atoms with Crippen molar-refractivity contribution < 1.29 is 19.2 Å². The molecule has 23 heavy (non-hydrogen) atoms. The Morgan fingerprint density at radius 2 is 1.87 bits per heavy atom. The van der Waals surface area contributed by atoms with Gasteiger partial charge in [0.1, 0.15) is 5.75 Å². The molecule has 0 bridgehead atoms. The summed E-state index contributed by atoms with van der Waals surface area (Å²) in [6.45, 7) is 3.83. The number of nitrogens with zero attached hydrogens (tertiary/aromatic N) is 1. The Kier molecular flexibility index (Phi) is 5.98. The van der Waals surface area contributed by atoms with E-state index in [0.717, 1.165) is 42.3 Å². The molecule has 1 unspecified atom stereocenters. The molecule has 1 aliphatic heterocycles. The number of hydrogen-bond donors (Lipinski definition) is 2. The highest BCUT2D eigenvalue weighted by Gasteiger charge is 2.29. The van der Waals surface area contributed by atoms with Crippen LogP contribution >= 0.6 is 0 Å². The van der Waals surface area contributed by atoms with E-state index in [9.17, 15) is 9.59 Å². The van der Waals surface area contributed by atoms with Gasteiger partial charge in [0.2, 0.25) is 0 Å². The second kappa shape index (κ2) is 7.97. The first-order valence-corrected chi connectivity index (χ1v) is 8.06. The minimum atomic E-state index is -0.213. The van der Waals surface area contributed by atoms with Gasteiger partial charge < -0.3 is 19.9 Å². The minimum absolute atomic E-state index is 0.103.